The lowest BCUT2D eigenvalue weighted by molar-refractivity contribution is 0.590. The number of nitrogens with zero attached hydrogens (tertiary/aromatic N) is 3. The highest BCUT2D eigenvalue weighted by Gasteiger charge is 2.15. The third-order valence-corrected chi connectivity index (χ3v) is 5.59. The zero-order chi connectivity index (χ0) is 19.2. The van der Waals surface area contributed by atoms with Gasteiger partial charge in [-0.2, -0.15) is 0 Å². The number of hydrogen-bond acceptors (Lipinski definition) is 4. The van der Waals surface area contributed by atoms with Gasteiger partial charge in [0.25, 0.3) is 5.56 Å². The molecule has 0 unspecified atom stereocenters. The molecule has 4 aromatic rings. The second-order valence-corrected chi connectivity index (χ2v) is 8.80. The van der Waals surface area contributed by atoms with Crippen molar-refractivity contribution in [1.82, 2.24) is 14.6 Å². The zero-order valence-electron chi connectivity index (χ0n) is 15.9. The van der Waals surface area contributed by atoms with Crippen LogP contribution in [-0.4, -0.2) is 14.6 Å². The molecule has 0 spiro atoms. The van der Waals surface area contributed by atoms with E-state index < -0.39 is 0 Å². The van der Waals surface area contributed by atoms with E-state index >= 15 is 0 Å². The van der Waals surface area contributed by atoms with E-state index in [1.165, 1.54) is 22.5 Å². The van der Waals surface area contributed by atoms with Gasteiger partial charge in [-0.25, -0.2) is 4.40 Å². The minimum atomic E-state index is -0.0736. The first kappa shape index (κ1) is 17.6. The van der Waals surface area contributed by atoms with Crippen molar-refractivity contribution in [2.24, 2.45) is 0 Å². The van der Waals surface area contributed by atoms with Crippen LogP contribution >= 0.6 is 11.3 Å². The number of thiazole rings is 1. The average molecular weight is 375 g/mol. The van der Waals surface area contributed by atoms with Crippen LogP contribution in [0.25, 0.3) is 22.4 Å². The van der Waals surface area contributed by atoms with Gasteiger partial charge in [-0.15, -0.1) is 10.2 Å². The van der Waals surface area contributed by atoms with Crippen LogP contribution < -0.4 is 10.1 Å². The van der Waals surface area contributed by atoms with E-state index in [-0.39, 0.29) is 11.0 Å². The number of aryl methyl sites for hydroxylation is 1. The van der Waals surface area contributed by atoms with E-state index in [0.717, 1.165) is 11.1 Å². The molecule has 0 fully saturated rings. The van der Waals surface area contributed by atoms with Gasteiger partial charge in [0.15, 0.2) is 5.82 Å². The molecule has 136 valence electrons. The van der Waals surface area contributed by atoms with Crippen molar-refractivity contribution in [3.05, 3.63) is 80.1 Å². The van der Waals surface area contributed by atoms with Gasteiger partial charge in [0.2, 0.25) is 4.96 Å². The molecule has 0 amide bonds. The Balaban J connectivity index is 1.80. The van der Waals surface area contributed by atoms with E-state index in [9.17, 15) is 4.79 Å². The topological polar surface area (TPSA) is 47.3 Å². The van der Waals surface area contributed by atoms with Crippen LogP contribution in [0.3, 0.4) is 0 Å². The highest BCUT2D eigenvalue weighted by atomic mass is 32.1. The molecular formula is C22H21N3OS. The fraction of sp³-hybridized carbons (Fsp3) is 0.227. The number of hydrogen-bond donors (Lipinski definition) is 0. The van der Waals surface area contributed by atoms with Crippen LogP contribution in [0.1, 0.15) is 37.5 Å². The van der Waals surface area contributed by atoms with Gasteiger partial charge in [0, 0.05) is 5.56 Å². The predicted octanol–water partition coefficient (Wildman–Crippen LogP) is 3.97. The fourth-order valence-electron chi connectivity index (χ4n) is 2.98. The summed E-state index contributed by atoms with van der Waals surface area (Å²) in [5.41, 5.74) is 4.38. The lowest BCUT2D eigenvalue weighted by Crippen LogP contribution is -2.23. The molecule has 0 radical (unpaired) electrons. The lowest BCUT2D eigenvalue weighted by Gasteiger charge is -2.18. The lowest BCUT2D eigenvalue weighted by atomic mass is 9.87. The van der Waals surface area contributed by atoms with Gasteiger partial charge in [-0.1, -0.05) is 86.2 Å². The normalized spacial score (nSPS) is 12.8. The molecule has 0 bridgehead atoms. The summed E-state index contributed by atoms with van der Waals surface area (Å²) in [6, 6.07) is 16.3. The summed E-state index contributed by atoms with van der Waals surface area (Å²) in [4.78, 5) is 13.6. The molecule has 0 saturated carbocycles. The van der Waals surface area contributed by atoms with Gasteiger partial charge in [0.1, 0.15) is 0 Å². The number of fused-ring (bicyclic) bond motifs is 1. The summed E-state index contributed by atoms with van der Waals surface area (Å²) in [6.07, 6.45) is 1.92. The zero-order valence-corrected chi connectivity index (χ0v) is 16.7. The van der Waals surface area contributed by atoms with Gasteiger partial charge in [-0.05, 0) is 29.5 Å². The van der Waals surface area contributed by atoms with Crippen molar-refractivity contribution >= 4 is 22.4 Å². The minimum Gasteiger partial charge on any atom is -0.267 e. The van der Waals surface area contributed by atoms with E-state index in [1.807, 2.05) is 37.3 Å². The number of rotatable bonds is 2. The Kier molecular flexibility index (Phi) is 4.19. The maximum atomic E-state index is 12.9. The molecule has 0 aliphatic carbocycles. The van der Waals surface area contributed by atoms with Crippen LogP contribution in [0, 0.1) is 6.92 Å². The fourth-order valence-corrected chi connectivity index (χ4v) is 3.90. The standard InChI is InChI=1S/C22H21N3OS/c1-14-5-9-16(10-6-14)19-23-24-21-25(19)20(26)18(27-21)13-15-7-11-17(12-8-15)22(2,3)4/h5-13H,1-4H3. The average Bonchev–Trinajstić information content (AvgIpc) is 3.16. The second kappa shape index (κ2) is 6.43. The first-order valence-corrected chi connectivity index (χ1v) is 9.72. The second-order valence-electron chi connectivity index (χ2n) is 7.80. The van der Waals surface area contributed by atoms with Crippen molar-refractivity contribution in [2.75, 3.05) is 0 Å². The van der Waals surface area contributed by atoms with Crippen molar-refractivity contribution in [1.29, 1.82) is 0 Å². The largest absolute Gasteiger partial charge is 0.276 e. The molecule has 4 nitrogen and oxygen atoms in total. The molecule has 27 heavy (non-hydrogen) atoms. The van der Waals surface area contributed by atoms with Crippen LogP contribution in [0.2, 0.25) is 0 Å². The summed E-state index contributed by atoms with van der Waals surface area (Å²) in [5, 5.41) is 8.41. The Hall–Kier alpha value is -2.79. The summed E-state index contributed by atoms with van der Waals surface area (Å²) >= 11 is 1.37. The van der Waals surface area contributed by atoms with Crippen LogP contribution in [0.4, 0.5) is 0 Å². The van der Waals surface area contributed by atoms with E-state index in [4.69, 9.17) is 0 Å². The van der Waals surface area contributed by atoms with Crippen LogP contribution in [0.5, 0.6) is 0 Å². The SMILES string of the molecule is Cc1ccc(-c2nnc3sc(=Cc4ccc(C(C)(C)C)cc4)c(=O)n23)cc1. The van der Waals surface area contributed by atoms with Gasteiger partial charge in [0.05, 0.1) is 4.53 Å². The Labute approximate surface area is 161 Å². The highest BCUT2D eigenvalue weighted by molar-refractivity contribution is 7.15. The molecule has 0 N–H and O–H groups in total. The molecule has 0 aliphatic heterocycles. The van der Waals surface area contributed by atoms with Crippen LogP contribution in [-0.2, 0) is 5.41 Å². The molecule has 0 aliphatic rings. The van der Waals surface area contributed by atoms with Crippen molar-refractivity contribution in [3.8, 4) is 11.4 Å². The molecule has 2 aromatic heterocycles. The van der Waals surface area contributed by atoms with Crippen molar-refractivity contribution < 1.29 is 0 Å². The first-order chi connectivity index (χ1) is 12.8. The maximum Gasteiger partial charge on any atom is 0.276 e. The third kappa shape index (κ3) is 3.30. The minimum absolute atomic E-state index is 0.0736. The molecule has 2 heterocycles. The number of benzene rings is 2. The smallest absolute Gasteiger partial charge is 0.267 e. The summed E-state index contributed by atoms with van der Waals surface area (Å²) in [6.45, 7) is 8.60. The molecule has 0 saturated heterocycles. The molecule has 4 rings (SSSR count). The molecule has 2 aromatic carbocycles. The maximum absolute atomic E-state index is 12.9. The van der Waals surface area contributed by atoms with Gasteiger partial charge >= 0.3 is 0 Å². The quantitative estimate of drug-likeness (QED) is 0.533. The summed E-state index contributed by atoms with van der Waals surface area (Å²) < 4.78 is 2.27. The Morgan fingerprint density at radius 2 is 1.63 bits per heavy atom. The molecular weight excluding hydrogens is 354 g/mol. The summed E-state index contributed by atoms with van der Waals surface area (Å²) in [5.74, 6) is 0.592. The third-order valence-electron chi connectivity index (χ3n) is 4.63. The Morgan fingerprint density at radius 1 is 0.963 bits per heavy atom. The Bertz CT molecular complexity index is 1210. The van der Waals surface area contributed by atoms with E-state index in [2.05, 4.69) is 55.2 Å². The van der Waals surface area contributed by atoms with E-state index in [1.54, 1.807) is 4.40 Å². The van der Waals surface area contributed by atoms with Crippen molar-refractivity contribution in [3.63, 3.8) is 0 Å². The van der Waals surface area contributed by atoms with Gasteiger partial charge in [-0.3, -0.25) is 4.79 Å². The van der Waals surface area contributed by atoms with Crippen molar-refractivity contribution in [2.45, 2.75) is 33.1 Å². The van der Waals surface area contributed by atoms with Gasteiger partial charge < -0.3 is 0 Å². The Morgan fingerprint density at radius 3 is 2.26 bits per heavy atom. The van der Waals surface area contributed by atoms with Crippen LogP contribution in [0.15, 0.2) is 53.3 Å². The molecule has 5 heteroatoms. The monoisotopic (exact) mass is 375 g/mol. The predicted molar refractivity (Wildman–Crippen MR) is 111 cm³/mol. The summed E-state index contributed by atoms with van der Waals surface area (Å²) in [7, 11) is 0. The first-order valence-electron chi connectivity index (χ1n) is 8.90. The highest BCUT2D eigenvalue weighted by Crippen LogP contribution is 2.22. The van der Waals surface area contributed by atoms with E-state index in [0.29, 0.717) is 15.3 Å². The molecule has 0 atom stereocenters. The number of aromatic nitrogens is 3.